The molecule has 1 aromatic carbocycles. The molecule has 1 aromatic rings. The van der Waals surface area contributed by atoms with Crippen LogP contribution in [0.4, 0.5) is 10.1 Å². The Morgan fingerprint density at radius 1 is 1.31 bits per heavy atom. The molecule has 5 atom stereocenters. The minimum Gasteiger partial charge on any atom is -0.394 e. The molecule has 1 aliphatic rings. The standard InChI is InChI=1S/C13H18FN3O7S2/c14-6-3-5(26(15,22)23)1-2-7(6)16-13(25)17-9-11(20)10(19)8(4-18)24-12(9)21/h1-3,8-12,18-21H,4H2,(H2,15,22,23)(H2,16,17,25)/t8-,9-,10-,11-,12?/m1/s1. The lowest BCUT2D eigenvalue weighted by atomic mass is 9.97. The maximum atomic E-state index is 14.0. The summed E-state index contributed by atoms with van der Waals surface area (Å²) in [6.45, 7) is -0.619. The molecule has 8 N–H and O–H groups in total. The van der Waals surface area contributed by atoms with Gasteiger partial charge in [0.1, 0.15) is 30.2 Å². The van der Waals surface area contributed by atoms with E-state index < -0.39 is 58.0 Å². The normalized spacial score (nSPS) is 29.2. The minimum absolute atomic E-state index is 0.190. The molecular weight excluding hydrogens is 393 g/mol. The van der Waals surface area contributed by atoms with Gasteiger partial charge in [0.15, 0.2) is 11.4 Å². The zero-order chi connectivity index (χ0) is 19.6. The van der Waals surface area contributed by atoms with Crippen LogP contribution >= 0.6 is 12.2 Å². The van der Waals surface area contributed by atoms with Gasteiger partial charge in [0.2, 0.25) is 10.0 Å². The largest absolute Gasteiger partial charge is 0.394 e. The highest BCUT2D eigenvalue weighted by atomic mass is 32.2. The first-order chi connectivity index (χ1) is 12.0. The van der Waals surface area contributed by atoms with Crippen molar-refractivity contribution in [2.45, 2.75) is 35.5 Å². The van der Waals surface area contributed by atoms with E-state index in [2.05, 4.69) is 10.6 Å². The van der Waals surface area contributed by atoms with Crippen molar-refractivity contribution in [3.63, 3.8) is 0 Å². The number of rotatable bonds is 4. The smallest absolute Gasteiger partial charge is 0.238 e. The number of nitrogens with two attached hydrogens (primary N) is 1. The summed E-state index contributed by atoms with van der Waals surface area (Å²) in [4.78, 5) is -0.427. The van der Waals surface area contributed by atoms with Crippen LogP contribution in [0.3, 0.4) is 0 Å². The molecule has 2 rings (SSSR count). The van der Waals surface area contributed by atoms with Gasteiger partial charge in [-0.25, -0.2) is 17.9 Å². The van der Waals surface area contributed by atoms with E-state index >= 15 is 0 Å². The number of benzene rings is 1. The predicted octanol–water partition coefficient (Wildman–Crippen LogP) is -2.44. The van der Waals surface area contributed by atoms with Crippen LogP contribution in [0.25, 0.3) is 0 Å². The van der Waals surface area contributed by atoms with Crippen LogP contribution in [0, 0.1) is 5.82 Å². The molecular formula is C13H18FN3O7S2. The van der Waals surface area contributed by atoms with Crippen LogP contribution in [-0.4, -0.2) is 71.2 Å². The van der Waals surface area contributed by atoms with E-state index in [1.54, 1.807) is 0 Å². The van der Waals surface area contributed by atoms with Crippen LogP contribution in [0.5, 0.6) is 0 Å². The Labute approximate surface area is 153 Å². The summed E-state index contributed by atoms with van der Waals surface area (Å²) in [7, 11) is -4.07. The van der Waals surface area contributed by atoms with Crippen LogP contribution in [0.1, 0.15) is 0 Å². The molecule has 1 fully saturated rings. The second-order valence-electron chi connectivity index (χ2n) is 5.54. The van der Waals surface area contributed by atoms with Crippen molar-refractivity contribution in [2.75, 3.05) is 11.9 Å². The van der Waals surface area contributed by atoms with Crippen molar-refractivity contribution >= 4 is 33.0 Å². The summed E-state index contributed by atoms with van der Waals surface area (Å²) >= 11 is 4.94. The summed E-state index contributed by atoms with van der Waals surface area (Å²) in [5, 5.41) is 48.2. The molecule has 146 valence electrons. The summed E-state index contributed by atoms with van der Waals surface area (Å²) < 4.78 is 41.3. The Bertz CT molecular complexity index is 779. The second-order valence-corrected chi connectivity index (χ2v) is 7.51. The molecule has 13 heteroatoms. The molecule has 0 bridgehead atoms. The number of primary sulfonamides is 1. The first-order valence-corrected chi connectivity index (χ1v) is 9.20. The summed E-state index contributed by atoms with van der Waals surface area (Å²) in [6, 6.07) is 1.58. The van der Waals surface area contributed by atoms with Gasteiger partial charge in [0, 0.05) is 0 Å². The highest BCUT2D eigenvalue weighted by molar-refractivity contribution is 7.89. The van der Waals surface area contributed by atoms with Crippen LogP contribution in [0.2, 0.25) is 0 Å². The monoisotopic (exact) mass is 411 g/mol. The van der Waals surface area contributed by atoms with E-state index in [1.165, 1.54) is 0 Å². The number of ether oxygens (including phenoxy) is 1. The van der Waals surface area contributed by atoms with E-state index in [0.29, 0.717) is 6.07 Å². The highest BCUT2D eigenvalue weighted by Gasteiger charge is 2.43. The van der Waals surface area contributed by atoms with Gasteiger partial charge in [0.25, 0.3) is 0 Å². The average molecular weight is 411 g/mol. The number of anilines is 1. The van der Waals surface area contributed by atoms with Crippen molar-refractivity contribution in [1.82, 2.24) is 5.32 Å². The molecule has 0 spiro atoms. The van der Waals surface area contributed by atoms with Gasteiger partial charge in [-0.3, -0.25) is 0 Å². The van der Waals surface area contributed by atoms with E-state index in [4.69, 9.17) is 27.2 Å². The topological polar surface area (TPSA) is 174 Å². The molecule has 0 aromatic heterocycles. The lowest BCUT2D eigenvalue weighted by Gasteiger charge is -2.40. The fraction of sp³-hybridized carbons (Fsp3) is 0.462. The molecule has 1 unspecified atom stereocenters. The van der Waals surface area contributed by atoms with Crippen molar-refractivity contribution < 1.29 is 38.0 Å². The number of thiocarbonyl (C=S) groups is 1. The fourth-order valence-electron chi connectivity index (χ4n) is 2.34. The quantitative estimate of drug-likeness (QED) is 0.264. The molecule has 0 aliphatic carbocycles. The molecule has 1 heterocycles. The molecule has 10 nitrogen and oxygen atoms in total. The minimum atomic E-state index is -4.07. The maximum absolute atomic E-state index is 14.0. The van der Waals surface area contributed by atoms with Crippen molar-refractivity contribution in [3.05, 3.63) is 24.0 Å². The first kappa shape index (κ1) is 20.9. The third kappa shape index (κ3) is 4.63. The lowest BCUT2D eigenvalue weighted by Crippen LogP contribution is -2.64. The predicted molar refractivity (Wildman–Crippen MR) is 90.9 cm³/mol. The molecule has 1 saturated heterocycles. The number of aliphatic hydroxyl groups is 4. The Morgan fingerprint density at radius 2 is 1.96 bits per heavy atom. The van der Waals surface area contributed by atoms with Gasteiger partial charge in [-0.2, -0.15) is 0 Å². The van der Waals surface area contributed by atoms with Crippen LogP contribution in [0.15, 0.2) is 23.1 Å². The summed E-state index contributed by atoms with van der Waals surface area (Å²) in [5.41, 5.74) is -0.190. The Hall–Kier alpha value is -1.45. The third-order valence-corrected chi connectivity index (χ3v) is 4.85. The van der Waals surface area contributed by atoms with E-state index in [1.807, 2.05) is 0 Å². The number of nitrogens with one attached hydrogen (secondary N) is 2. The second kappa shape index (κ2) is 8.06. The third-order valence-electron chi connectivity index (χ3n) is 3.72. The lowest BCUT2D eigenvalue weighted by molar-refractivity contribution is -0.251. The van der Waals surface area contributed by atoms with Gasteiger partial charge in [-0.05, 0) is 30.4 Å². The first-order valence-electron chi connectivity index (χ1n) is 7.25. The number of sulfonamides is 1. The Kier molecular flexibility index (Phi) is 6.46. The SMILES string of the molecule is NS(=O)(=O)c1ccc(NC(=S)N[C@H]2C(O)O[C@H](CO)[C@@H](O)[C@@H]2O)c(F)c1. The van der Waals surface area contributed by atoms with Gasteiger partial charge >= 0.3 is 0 Å². The van der Waals surface area contributed by atoms with Gasteiger partial charge in [-0.1, -0.05) is 0 Å². The molecule has 0 amide bonds. The van der Waals surface area contributed by atoms with Gasteiger partial charge in [-0.15, -0.1) is 0 Å². The number of hydrogen-bond donors (Lipinski definition) is 7. The molecule has 0 saturated carbocycles. The molecule has 26 heavy (non-hydrogen) atoms. The van der Waals surface area contributed by atoms with Gasteiger partial charge in [0.05, 0.1) is 17.2 Å². The highest BCUT2D eigenvalue weighted by Crippen LogP contribution is 2.21. The Balaban J connectivity index is 2.07. The number of aliphatic hydroxyl groups excluding tert-OH is 4. The fourth-order valence-corrected chi connectivity index (χ4v) is 3.11. The summed E-state index contributed by atoms with van der Waals surface area (Å²) in [5.74, 6) is -0.956. The van der Waals surface area contributed by atoms with E-state index in [-0.39, 0.29) is 10.8 Å². The molecule has 0 radical (unpaired) electrons. The zero-order valence-electron chi connectivity index (χ0n) is 13.1. The maximum Gasteiger partial charge on any atom is 0.238 e. The zero-order valence-corrected chi connectivity index (χ0v) is 14.7. The van der Waals surface area contributed by atoms with Crippen molar-refractivity contribution in [3.8, 4) is 0 Å². The van der Waals surface area contributed by atoms with Crippen LogP contribution < -0.4 is 15.8 Å². The average Bonchev–Trinajstić information content (AvgIpc) is 2.55. The van der Waals surface area contributed by atoms with E-state index in [9.17, 15) is 28.1 Å². The van der Waals surface area contributed by atoms with Crippen molar-refractivity contribution in [1.29, 1.82) is 0 Å². The molecule has 1 aliphatic heterocycles. The Morgan fingerprint density at radius 3 is 2.50 bits per heavy atom. The van der Waals surface area contributed by atoms with Crippen molar-refractivity contribution in [2.24, 2.45) is 5.14 Å². The number of halogens is 1. The summed E-state index contributed by atoms with van der Waals surface area (Å²) in [6.07, 6.45) is -5.82. The van der Waals surface area contributed by atoms with Crippen LogP contribution in [-0.2, 0) is 14.8 Å². The number of hydrogen-bond acceptors (Lipinski definition) is 8. The van der Waals surface area contributed by atoms with E-state index in [0.717, 1.165) is 12.1 Å². The van der Waals surface area contributed by atoms with Gasteiger partial charge < -0.3 is 35.8 Å².